The van der Waals surface area contributed by atoms with E-state index in [-0.39, 0.29) is 5.91 Å². The van der Waals surface area contributed by atoms with E-state index >= 15 is 0 Å². The van der Waals surface area contributed by atoms with Gasteiger partial charge in [0.25, 0.3) is 5.91 Å². The molecule has 0 saturated carbocycles. The summed E-state index contributed by atoms with van der Waals surface area (Å²) < 4.78 is 11.8. The predicted molar refractivity (Wildman–Crippen MR) is 148 cm³/mol. The number of hydrogen-bond acceptors (Lipinski definition) is 5. The van der Waals surface area contributed by atoms with Crippen molar-refractivity contribution in [2.75, 3.05) is 6.61 Å². The largest absolute Gasteiger partial charge is 0.490 e. The second kappa shape index (κ2) is 10.9. The first kappa shape index (κ1) is 24.0. The molecule has 1 saturated heterocycles. The molecule has 1 N–H and O–H groups in total. The normalized spacial score (nSPS) is 15.4. The van der Waals surface area contributed by atoms with Crippen LogP contribution in [0.2, 0.25) is 5.02 Å². The number of amides is 1. The number of fused-ring (bicyclic) bond motifs is 1. The Balaban J connectivity index is 1.36. The molecular formula is C29H23ClN2O3S. The fourth-order valence-electron chi connectivity index (χ4n) is 3.82. The van der Waals surface area contributed by atoms with E-state index in [1.165, 1.54) is 11.8 Å². The lowest BCUT2D eigenvalue weighted by Gasteiger charge is -2.13. The van der Waals surface area contributed by atoms with Gasteiger partial charge < -0.3 is 14.8 Å². The summed E-state index contributed by atoms with van der Waals surface area (Å²) in [5.41, 5.74) is 2.54. The molecule has 0 unspecified atom stereocenters. The van der Waals surface area contributed by atoms with E-state index in [1.807, 2.05) is 97.9 Å². The van der Waals surface area contributed by atoms with Gasteiger partial charge in [-0.15, -0.1) is 0 Å². The summed E-state index contributed by atoms with van der Waals surface area (Å²) in [6, 6.07) is 27.2. The monoisotopic (exact) mass is 514 g/mol. The van der Waals surface area contributed by atoms with Gasteiger partial charge in [0.15, 0.2) is 16.7 Å². The summed E-state index contributed by atoms with van der Waals surface area (Å²) in [5.74, 6) is 1.03. The van der Waals surface area contributed by atoms with Gasteiger partial charge in [-0.3, -0.25) is 4.79 Å². The molecule has 1 amide bonds. The maximum absolute atomic E-state index is 12.7. The molecule has 5 nitrogen and oxygen atoms in total. The first-order valence-electron chi connectivity index (χ1n) is 11.5. The van der Waals surface area contributed by atoms with Crippen LogP contribution in [0.15, 0.2) is 94.8 Å². The molecule has 1 heterocycles. The van der Waals surface area contributed by atoms with Crippen LogP contribution in [0.1, 0.15) is 18.1 Å². The minimum Gasteiger partial charge on any atom is -0.490 e. The van der Waals surface area contributed by atoms with Crippen molar-refractivity contribution in [3.05, 3.63) is 106 Å². The minimum absolute atomic E-state index is 0.184. The van der Waals surface area contributed by atoms with Crippen LogP contribution in [0.3, 0.4) is 0 Å². The number of halogens is 1. The number of hydrogen-bond donors (Lipinski definition) is 1. The highest BCUT2D eigenvalue weighted by Crippen LogP contribution is 2.34. The second-order valence-electron chi connectivity index (χ2n) is 8.00. The van der Waals surface area contributed by atoms with Gasteiger partial charge in [0, 0.05) is 16.0 Å². The highest BCUT2D eigenvalue weighted by Gasteiger charge is 2.24. The zero-order chi connectivity index (χ0) is 24.9. The smallest absolute Gasteiger partial charge is 0.264 e. The summed E-state index contributed by atoms with van der Waals surface area (Å²) >= 11 is 7.56. The highest BCUT2D eigenvalue weighted by atomic mass is 35.5. The number of amidine groups is 1. The highest BCUT2D eigenvalue weighted by molar-refractivity contribution is 8.18. The van der Waals surface area contributed by atoms with E-state index < -0.39 is 0 Å². The molecule has 0 bridgehead atoms. The predicted octanol–water partition coefficient (Wildman–Crippen LogP) is 7.36. The summed E-state index contributed by atoms with van der Waals surface area (Å²) in [4.78, 5) is 17.9. The number of carbonyl (C=O) groups excluding carboxylic acids is 1. The first-order chi connectivity index (χ1) is 17.6. The molecule has 7 heteroatoms. The average Bonchev–Trinajstić information content (AvgIpc) is 3.23. The zero-order valence-electron chi connectivity index (χ0n) is 19.5. The van der Waals surface area contributed by atoms with Crippen LogP contribution in [0, 0.1) is 0 Å². The zero-order valence-corrected chi connectivity index (χ0v) is 21.1. The third-order valence-corrected chi connectivity index (χ3v) is 6.82. The maximum Gasteiger partial charge on any atom is 0.264 e. The third-order valence-electron chi connectivity index (χ3n) is 5.55. The van der Waals surface area contributed by atoms with Crippen LogP contribution in [-0.2, 0) is 11.4 Å². The maximum atomic E-state index is 12.7. The number of ether oxygens (including phenoxy) is 2. The lowest BCUT2D eigenvalue weighted by molar-refractivity contribution is -0.115. The van der Waals surface area contributed by atoms with Gasteiger partial charge in [0.05, 0.1) is 17.2 Å². The quantitative estimate of drug-likeness (QED) is 0.262. The SMILES string of the molecule is CCOc1cc(/C=C2\SC(=Nc3cccc4ccccc34)NC2=O)ccc1OCc1ccccc1Cl. The van der Waals surface area contributed by atoms with Crippen LogP contribution in [0.4, 0.5) is 5.69 Å². The topological polar surface area (TPSA) is 59.9 Å². The Morgan fingerprint density at radius 1 is 0.944 bits per heavy atom. The Kier molecular flexibility index (Phi) is 7.26. The molecule has 4 aromatic carbocycles. The summed E-state index contributed by atoms with van der Waals surface area (Å²) in [6.45, 7) is 2.73. The summed E-state index contributed by atoms with van der Waals surface area (Å²) in [6.07, 6.45) is 1.83. The van der Waals surface area contributed by atoms with Crippen molar-refractivity contribution in [2.24, 2.45) is 4.99 Å². The van der Waals surface area contributed by atoms with E-state index in [9.17, 15) is 4.79 Å². The van der Waals surface area contributed by atoms with E-state index in [0.29, 0.717) is 39.8 Å². The molecule has 0 aliphatic carbocycles. The van der Waals surface area contributed by atoms with Crippen molar-refractivity contribution < 1.29 is 14.3 Å². The third kappa shape index (κ3) is 5.40. The van der Waals surface area contributed by atoms with Crippen LogP contribution in [0.5, 0.6) is 11.5 Å². The van der Waals surface area contributed by atoms with Crippen molar-refractivity contribution in [2.45, 2.75) is 13.5 Å². The molecule has 1 aliphatic heterocycles. The molecule has 1 aliphatic rings. The number of nitrogens with zero attached hydrogens (tertiary/aromatic N) is 1. The van der Waals surface area contributed by atoms with Crippen LogP contribution in [0.25, 0.3) is 16.8 Å². The molecule has 0 atom stereocenters. The fraction of sp³-hybridized carbons (Fsp3) is 0.103. The number of aliphatic imine (C=N–C) groups is 1. The van der Waals surface area contributed by atoms with Crippen molar-refractivity contribution in [3.8, 4) is 11.5 Å². The van der Waals surface area contributed by atoms with E-state index in [2.05, 4.69) is 5.32 Å². The number of rotatable bonds is 7. The Hall–Kier alpha value is -3.74. The van der Waals surface area contributed by atoms with E-state index in [4.69, 9.17) is 26.1 Å². The van der Waals surface area contributed by atoms with Crippen LogP contribution < -0.4 is 14.8 Å². The lowest BCUT2D eigenvalue weighted by atomic mass is 10.1. The number of benzene rings is 4. The van der Waals surface area contributed by atoms with Gasteiger partial charge in [0.1, 0.15) is 6.61 Å². The number of thioether (sulfide) groups is 1. The van der Waals surface area contributed by atoms with Gasteiger partial charge in [-0.2, -0.15) is 0 Å². The lowest BCUT2D eigenvalue weighted by Crippen LogP contribution is -2.19. The van der Waals surface area contributed by atoms with Gasteiger partial charge >= 0.3 is 0 Å². The Labute approximate surface area is 218 Å². The molecule has 0 radical (unpaired) electrons. The number of nitrogens with one attached hydrogen (secondary N) is 1. The van der Waals surface area contributed by atoms with Gasteiger partial charge in [0.2, 0.25) is 0 Å². The Morgan fingerprint density at radius 3 is 2.61 bits per heavy atom. The molecule has 5 rings (SSSR count). The van der Waals surface area contributed by atoms with Crippen molar-refractivity contribution >= 4 is 57.0 Å². The Bertz CT molecular complexity index is 1490. The van der Waals surface area contributed by atoms with E-state index in [0.717, 1.165) is 27.6 Å². The van der Waals surface area contributed by atoms with E-state index in [1.54, 1.807) is 0 Å². The second-order valence-corrected chi connectivity index (χ2v) is 9.44. The van der Waals surface area contributed by atoms with Crippen molar-refractivity contribution in [1.29, 1.82) is 0 Å². The Morgan fingerprint density at radius 2 is 1.75 bits per heavy atom. The van der Waals surface area contributed by atoms with Crippen LogP contribution >= 0.6 is 23.4 Å². The van der Waals surface area contributed by atoms with Gasteiger partial charge in [-0.1, -0.05) is 72.3 Å². The van der Waals surface area contributed by atoms with Crippen molar-refractivity contribution in [3.63, 3.8) is 0 Å². The molecule has 1 fully saturated rings. The molecule has 180 valence electrons. The standard InChI is InChI=1S/C29H23ClN2O3S/c1-2-34-26-16-19(14-15-25(26)35-18-21-9-4-6-12-23(21)30)17-27-28(33)32-29(36-27)31-24-13-7-10-20-8-3-5-11-22(20)24/h3-17H,2,18H2,1H3,(H,31,32,33)/b27-17-. The molecule has 0 spiro atoms. The van der Waals surface area contributed by atoms with Crippen molar-refractivity contribution in [1.82, 2.24) is 5.32 Å². The van der Waals surface area contributed by atoms with Crippen LogP contribution in [-0.4, -0.2) is 17.7 Å². The molecule has 36 heavy (non-hydrogen) atoms. The van der Waals surface area contributed by atoms with Gasteiger partial charge in [-0.05, 0) is 60.0 Å². The minimum atomic E-state index is -0.184. The summed E-state index contributed by atoms with van der Waals surface area (Å²) in [5, 5.41) is 6.21. The van der Waals surface area contributed by atoms with Gasteiger partial charge in [-0.25, -0.2) is 4.99 Å². The summed E-state index contributed by atoms with van der Waals surface area (Å²) in [7, 11) is 0. The average molecular weight is 515 g/mol. The molecule has 0 aromatic heterocycles. The molecule has 4 aromatic rings. The molecular weight excluding hydrogens is 492 g/mol. The first-order valence-corrected chi connectivity index (χ1v) is 12.7. The fourth-order valence-corrected chi connectivity index (χ4v) is 4.85. The number of carbonyl (C=O) groups is 1.